The number of carbonyl (C=O) groups excluding carboxylic acids is 1. The third kappa shape index (κ3) is 5.58. The molecule has 8 nitrogen and oxygen atoms in total. The molecule has 168 valence electrons. The number of fused-ring (bicyclic) bond motifs is 1. The van der Waals surface area contributed by atoms with Gasteiger partial charge < -0.3 is 19.5 Å². The molecule has 0 aliphatic rings. The predicted molar refractivity (Wildman–Crippen MR) is 131 cm³/mol. The molecule has 0 atom stereocenters. The lowest BCUT2D eigenvalue weighted by atomic mass is 10.2. The van der Waals surface area contributed by atoms with Gasteiger partial charge in [-0.25, -0.2) is 4.98 Å². The Kier molecular flexibility index (Phi) is 7.01. The van der Waals surface area contributed by atoms with Gasteiger partial charge in [0.05, 0.1) is 36.3 Å². The van der Waals surface area contributed by atoms with E-state index < -0.39 is 0 Å². The summed E-state index contributed by atoms with van der Waals surface area (Å²) in [6.07, 6.45) is 1.66. The largest absolute Gasteiger partial charge is 0.495 e. The van der Waals surface area contributed by atoms with Crippen molar-refractivity contribution in [3.8, 4) is 17.2 Å². The lowest BCUT2D eigenvalue weighted by Gasteiger charge is -2.12. The van der Waals surface area contributed by atoms with Crippen LogP contribution in [0.2, 0.25) is 0 Å². The number of para-hydroxylation sites is 3. The first kappa shape index (κ1) is 22.1. The molecule has 4 aromatic rings. The number of nitrogens with one attached hydrogen (secondary N) is 2. The van der Waals surface area contributed by atoms with Crippen molar-refractivity contribution in [3.05, 3.63) is 72.3 Å². The maximum Gasteiger partial charge on any atom is 0.262 e. The summed E-state index contributed by atoms with van der Waals surface area (Å²) in [7, 11) is 3.09. The van der Waals surface area contributed by atoms with Gasteiger partial charge in [-0.1, -0.05) is 35.6 Å². The molecule has 0 saturated carbocycles. The van der Waals surface area contributed by atoms with Gasteiger partial charge in [0, 0.05) is 0 Å². The molecule has 9 heteroatoms. The molecule has 2 N–H and O–H groups in total. The van der Waals surface area contributed by atoms with Crippen molar-refractivity contribution in [2.75, 3.05) is 31.6 Å². The van der Waals surface area contributed by atoms with Gasteiger partial charge in [0.25, 0.3) is 5.91 Å². The van der Waals surface area contributed by atoms with Crippen molar-refractivity contribution in [2.45, 2.75) is 0 Å². The second-order valence-corrected chi connectivity index (χ2v) is 7.83. The maximum absolute atomic E-state index is 12.3. The zero-order chi connectivity index (χ0) is 23.0. The summed E-state index contributed by atoms with van der Waals surface area (Å²) >= 11 is 1.53. The number of amides is 1. The fourth-order valence-electron chi connectivity index (χ4n) is 3.04. The molecule has 0 saturated heterocycles. The molecule has 4 rings (SSSR count). The number of nitrogens with zero attached hydrogens (tertiary/aromatic N) is 2. The van der Waals surface area contributed by atoms with E-state index >= 15 is 0 Å². The van der Waals surface area contributed by atoms with Crippen LogP contribution in [0.3, 0.4) is 0 Å². The van der Waals surface area contributed by atoms with Gasteiger partial charge in [-0.2, -0.15) is 5.10 Å². The van der Waals surface area contributed by atoms with Gasteiger partial charge in [-0.05, 0) is 48.0 Å². The third-order valence-electron chi connectivity index (χ3n) is 4.60. The lowest BCUT2D eigenvalue weighted by molar-refractivity contribution is -0.118. The van der Waals surface area contributed by atoms with Crippen LogP contribution < -0.4 is 25.0 Å². The monoisotopic (exact) mass is 462 g/mol. The number of hydrogen-bond acceptors (Lipinski definition) is 8. The summed E-state index contributed by atoms with van der Waals surface area (Å²) in [5.74, 6) is 1.20. The van der Waals surface area contributed by atoms with E-state index in [0.29, 0.717) is 28.1 Å². The summed E-state index contributed by atoms with van der Waals surface area (Å²) in [4.78, 5) is 16.8. The fraction of sp³-hybridized carbons (Fsp3) is 0.125. The van der Waals surface area contributed by atoms with Crippen LogP contribution in [0, 0.1) is 0 Å². The highest BCUT2D eigenvalue weighted by Crippen LogP contribution is 2.28. The number of carbonyl (C=O) groups is 1. The number of rotatable bonds is 9. The smallest absolute Gasteiger partial charge is 0.262 e. The number of aromatic nitrogens is 1. The van der Waals surface area contributed by atoms with E-state index in [1.165, 1.54) is 18.4 Å². The van der Waals surface area contributed by atoms with E-state index in [1.807, 2.05) is 42.5 Å². The molecule has 0 aliphatic heterocycles. The van der Waals surface area contributed by atoms with Gasteiger partial charge in [-0.3, -0.25) is 10.2 Å². The topological polar surface area (TPSA) is 94.1 Å². The number of methoxy groups -OCH3 is 2. The van der Waals surface area contributed by atoms with E-state index in [-0.39, 0.29) is 12.5 Å². The summed E-state index contributed by atoms with van der Waals surface area (Å²) in [6, 6.07) is 20.4. The highest BCUT2D eigenvalue weighted by molar-refractivity contribution is 7.22. The summed E-state index contributed by atoms with van der Waals surface area (Å²) < 4.78 is 17.4. The Morgan fingerprint density at radius 3 is 2.61 bits per heavy atom. The van der Waals surface area contributed by atoms with Crippen molar-refractivity contribution in [3.63, 3.8) is 0 Å². The van der Waals surface area contributed by atoms with E-state index in [1.54, 1.807) is 37.6 Å². The first-order valence-electron chi connectivity index (χ1n) is 10.0. The molecule has 0 fully saturated rings. The number of benzene rings is 3. The van der Waals surface area contributed by atoms with E-state index in [4.69, 9.17) is 14.2 Å². The van der Waals surface area contributed by atoms with Crippen molar-refractivity contribution >= 4 is 44.5 Å². The second-order valence-electron chi connectivity index (χ2n) is 6.80. The first-order chi connectivity index (χ1) is 16.2. The average Bonchev–Trinajstić information content (AvgIpc) is 3.26. The highest BCUT2D eigenvalue weighted by Gasteiger charge is 2.11. The Hall–Kier alpha value is -4.11. The third-order valence-corrected chi connectivity index (χ3v) is 5.54. The van der Waals surface area contributed by atoms with Gasteiger partial charge >= 0.3 is 0 Å². The van der Waals surface area contributed by atoms with Gasteiger partial charge in [0.2, 0.25) is 5.13 Å². The minimum Gasteiger partial charge on any atom is -0.495 e. The molecule has 0 radical (unpaired) electrons. The van der Waals surface area contributed by atoms with Crippen LogP contribution in [-0.2, 0) is 4.79 Å². The molecule has 33 heavy (non-hydrogen) atoms. The Balaban J connectivity index is 1.36. The van der Waals surface area contributed by atoms with Gasteiger partial charge in [0.1, 0.15) is 5.75 Å². The molecule has 0 spiro atoms. The number of ether oxygens (including phenoxy) is 3. The number of thiazole rings is 1. The minimum atomic E-state index is -0.313. The Labute approximate surface area is 194 Å². The summed E-state index contributed by atoms with van der Waals surface area (Å²) in [5, 5.41) is 7.73. The Morgan fingerprint density at radius 1 is 1.00 bits per heavy atom. The van der Waals surface area contributed by atoms with Crippen molar-refractivity contribution < 1.29 is 19.0 Å². The van der Waals surface area contributed by atoms with Gasteiger partial charge in [0.15, 0.2) is 18.1 Å². The Morgan fingerprint density at radius 2 is 1.79 bits per heavy atom. The quantitative estimate of drug-likeness (QED) is 0.275. The summed E-state index contributed by atoms with van der Waals surface area (Å²) in [6.45, 7) is -0.180. The van der Waals surface area contributed by atoms with Crippen LogP contribution in [0.15, 0.2) is 71.8 Å². The van der Waals surface area contributed by atoms with Gasteiger partial charge in [-0.15, -0.1) is 0 Å². The standard InChI is InChI=1S/C24H22N4O4S/c1-30-19-9-5-3-7-17(19)26-23(29)15-32-20-12-11-16(13-21(20)31-2)14-25-28-24-27-18-8-4-6-10-22(18)33-24/h3-14H,15H2,1-2H3,(H,26,29)(H,27,28). The van der Waals surface area contributed by atoms with Crippen molar-refractivity contribution in [2.24, 2.45) is 5.10 Å². The van der Waals surface area contributed by atoms with Crippen LogP contribution in [-0.4, -0.2) is 37.9 Å². The number of anilines is 2. The molecule has 3 aromatic carbocycles. The molecular formula is C24H22N4O4S. The zero-order valence-corrected chi connectivity index (χ0v) is 18.9. The van der Waals surface area contributed by atoms with Crippen LogP contribution in [0.4, 0.5) is 10.8 Å². The SMILES string of the molecule is COc1ccccc1NC(=O)COc1ccc(C=NNc2nc3ccccc3s2)cc1OC. The molecule has 0 aliphatic carbocycles. The molecule has 1 amide bonds. The fourth-order valence-corrected chi connectivity index (χ4v) is 3.86. The summed E-state index contributed by atoms with van der Waals surface area (Å²) in [5.41, 5.74) is 5.25. The molecule has 1 aromatic heterocycles. The number of hydrogen-bond donors (Lipinski definition) is 2. The Bertz CT molecular complexity index is 1260. The van der Waals surface area contributed by atoms with E-state index in [0.717, 1.165) is 15.8 Å². The lowest BCUT2D eigenvalue weighted by Crippen LogP contribution is -2.20. The normalized spacial score (nSPS) is 10.8. The number of hydrazone groups is 1. The molecule has 1 heterocycles. The van der Waals surface area contributed by atoms with Crippen molar-refractivity contribution in [1.82, 2.24) is 4.98 Å². The van der Waals surface area contributed by atoms with Crippen LogP contribution >= 0.6 is 11.3 Å². The maximum atomic E-state index is 12.3. The van der Waals surface area contributed by atoms with Crippen molar-refractivity contribution in [1.29, 1.82) is 0 Å². The van der Waals surface area contributed by atoms with E-state index in [9.17, 15) is 4.79 Å². The molecular weight excluding hydrogens is 440 g/mol. The predicted octanol–water partition coefficient (Wildman–Crippen LogP) is 4.78. The van der Waals surface area contributed by atoms with Crippen LogP contribution in [0.5, 0.6) is 17.2 Å². The second kappa shape index (κ2) is 10.5. The minimum absolute atomic E-state index is 0.180. The highest BCUT2D eigenvalue weighted by atomic mass is 32.1. The molecule has 0 bridgehead atoms. The van der Waals surface area contributed by atoms with Crippen LogP contribution in [0.1, 0.15) is 5.56 Å². The zero-order valence-electron chi connectivity index (χ0n) is 18.1. The van der Waals surface area contributed by atoms with Crippen LogP contribution in [0.25, 0.3) is 10.2 Å². The van der Waals surface area contributed by atoms with E-state index in [2.05, 4.69) is 20.8 Å². The first-order valence-corrected chi connectivity index (χ1v) is 10.9. The molecule has 0 unspecified atom stereocenters. The average molecular weight is 463 g/mol.